The highest BCUT2D eigenvalue weighted by molar-refractivity contribution is 6.15. The number of aryl methyl sites for hydroxylation is 1. The van der Waals surface area contributed by atoms with Gasteiger partial charge in [0.05, 0.1) is 38.2 Å². The van der Waals surface area contributed by atoms with E-state index in [4.69, 9.17) is 10.5 Å². The second-order valence-electron chi connectivity index (χ2n) is 3.82. The van der Waals surface area contributed by atoms with Gasteiger partial charge in [0.25, 0.3) is 0 Å². The lowest BCUT2D eigenvalue weighted by molar-refractivity contribution is -0.121. The normalized spacial score (nSPS) is 14.7. The lowest BCUT2D eigenvalue weighted by atomic mass is 10.3. The van der Waals surface area contributed by atoms with Crippen LogP contribution < -0.4 is 4.90 Å². The Balaban J connectivity index is 2.39. The Morgan fingerprint density at radius 1 is 1.39 bits per heavy atom. The summed E-state index contributed by atoms with van der Waals surface area (Å²) < 4.78 is 1.41. The standard InChI is InChI=1S/C11H9N5O2/c12-2-1-3-16-11(8(5-13)6-14-16)15-7-9(17)4-10(15)18/h6H,1,3-4,7H2. The number of anilines is 1. The minimum atomic E-state index is -0.338. The molecule has 2 rings (SSSR count). The number of nitrogens with zero attached hydrogens (tertiary/aromatic N) is 5. The van der Waals surface area contributed by atoms with Crippen molar-refractivity contribution in [3.8, 4) is 12.1 Å². The number of rotatable bonds is 3. The van der Waals surface area contributed by atoms with Crippen molar-refractivity contribution in [2.75, 3.05) is 11.4 Å². The molecule has 90 valence electrons. The second-order valence-corrected chi connectivity index (χ2v) is 3.82. The number of carbonyl (C=O) groups excluding carboxylic acids is 2. The summed E-state index contributed by atoms with van der Waals surface area (Å²) in [6.07, 6.45) is 1.41. The van der Waals surface area contributed by atoms with Gasteiger partial charge in [0.15, 0.2) is 11.6 Å². The SMILES string of the molecule is N#CCCn1ncc(C#N)c1N1CC(=O)CC1=O. The van der Waals surface area contributed by atoms with E-state index in [2.05, 4.69) is 5.10 Å². The number of ketones is 1. The Bertz CT molecular complexity index is 590. The largest absolute Gasteiger partial charge is 0.297 e. The summed E-state index contributed by atoms with van der Waals surface area (Å²) in [4.78, 5) is 24.2. The van der Waals surface area contributed by atoms with Crippen molar-refractivity contribution in [1.82, 2.24) is 9.78 Å². The number of carbonyl (C=O) groups is 2. The molecule has 0 bridgehead atoms. The second kappa shape index (κ2) is 4.68. The fourth-order valence-electron chi connectivity index (χ4n) is 1.84. The predicted molar refractivity (Wildman–Crippen MR) is 59.1 cm³/mol. The molecule has 0 radical (unpaired) electrons. The zero-order valence-corrected chi connectivity index (χ0v) is 9.46. The summed E-state index contributed by atoms with van der Waals surface area (Å²) in [7, 11) is 0. The van der Waals surface area contributed by atoms with Gasteiger partial charge in [-0.25, -0.2) is 4.68 Å². The van der Waals surface area contributed by atoms with Crippen LogP contribution in [0.15, 0.2) is 6.20 Å². The Morgan fingerprint density at radius 2 is 2.17 bits per heavy atom. The predicted octanol–water partition coefficient (Wildman–Crippen LogP) is -0.0257. The smallest absolute Gasteiger partial charge is 0.236 e. The van der Waals surface area contributed by atoms with E-state index < -0.39 is 0 Å². The molecule has 18 heavy (non-hydrogen) atoms. The molecular formula is C11H9N5O2. The number of amides is 1. The van der Waals surface area contributed by atoms with Gasteiger partial charge in [-0.15, -0.1) is 0 Å². The topological polar surface area (TPSA) is 103 Å². The fraction of sp³-hybridized carbons (Fsp3) is 0.364. The average Bonchev–Trinajstić information content (AvgIpc) is 2.89. The van der Waals surface area contributed by atoms with Gasteiger partial charge >= 0.3 is 0 Å². The van der Waals surface area contributed by atoms with E-state index in [1.165, 1.54) is 15.8 Å². The highest BCUT2D eigenvalue weighted by atomic mass is 16.2. The third-order valence-electron chi connectivity index (χ3n) is 2.61. The summed E-state index contributed by atoms with van der Waals surface area (Å²) in [5.41, 5.74) is 0.232. The maximum atomic E-state index is 11.7. The highest BCUT2D eigenvalue weighted by Crippen LogP contribution is 2.24. The lowest BCUT2D eigenvalue weighted by Gasteiger charge is -2.16. The van der Waals surface area contributed by atoms with Crippen molar-refractivity contribution in [3.05, 3.63) is 11.8 Å². The lowest BCUT2D eigenvalue weighted by Crippen LogP contribution is -2.28. The molecule has 0 spiro atoms. The number of hydrogen-bond donors (Lipinski definition) is 0. The third kappa shape index (κ3) is 1.94. The Morgan fingerprint density at radius 3 is 2.72 bits per heavy atom. The van der Waals surface area contributed by atoms with Crippen LogP contribution in [0.5, 0.6) is 0 Å². The fourth-order valence-corrected chi connectivity index (χ4v) is 1.84. The molecule has 7 nitrogen and oxygen atoms in total. The van der Waals surface area contributed by atoms with Crippen molar-refractivity contribution in [2.24, 2.45) is 0 Å². The van der Waals surface area contributed by atoms with Gasteiger partial charge in [0, 0.05) is 0 Å². The Hall–Kier alpha value is -2.67. The molecule has 1 saturated heterocycles. The number of aromatic nitrogens is 2. The molecule has 7 heteroatoms. The average molecular weight is 243 g/mol. The van der Waals surface area contributed by atoms with Gasteiger partial charge in [-0.2, -0.15) is 15.6 Å². The number of Topliss-reactive ketones (excluding diaryl/α,β-unsaturated/α-hetero) is 1. The van der Waals surface area contributed by atoms with E-state index in [1.807, 2.05) is 12.1 Å². The number of nitriles is 2. The maximum absolute atomic E-state index is 11.7. The maximum Gasteiger partial charge on any atom is 0.236 e. The van der Waals surface area contributed by atoms with Crippen molar-refractivity contribution in [1.29, 1.82) is 10.5 Å². The minimum Gasteiger partial charge on any atom is -0.297 e. The van der Waals surface area contributed by atoms with Crippen molar-refractivity contribution in [2.45, 2.75) is 19.4 Å². The first-order chi connectivity index (χ1) is 8.67. The van der Waals surface area contributed by atoms with E-state index >= 15 is 0 Å². The summed E-state index contributed by atoms with van der Waals surface area (Å²) in [5.74, 6) is -0.212. The van der Waals surface area contributed by atoms with Crippen molar-refractivity contribution < 1.29 is 9.59 Å². The monoisotopic (exact) mass is 243 g/mol. The van der Waals surface area contributed by atoms with E-state index in [9.17, 15) is 9.59 Å². The van der Waals surface area contributed by atoms with Gasteiger partial charge in [0.2, 0.25) is 5.91 Å². The van der Waals surface area contributed by atoms with Gasteiger partial charge in [-0.05, 0) is 0 Å². The number of hydrogen-bond acceptors (Lipinski definition) is 5. The van der Waals surface area contributed by atoms with E-state index in [0.29, 0.717) is 5.82 Å². The van der Waals surface area contributed by atoms with Crippen LogP contribution in [0, 0.1) is 22.7 Å². The molecular weight excluding hydrogens is 234 g/mol. The van der Waals surface area contributed by atoms with Gasteiger partial charge in [-0.1, -0.05) is 0 Å². The summed E-state index contributed by atoms with van der Waals surface area (Å²) in [5, 5.41) is 21.5. The molecule has 1 aliphatic heterocycles. The summed E-state index contributed by atoms with van der Waals surface area (Å²) >= 11 is 0. The van der Waals surface area contributed by atoms with Crippen LogP contribution in [0.25, 0.3) is 0 Å². The first-order valence-electron chi connectivity index (χ1n) is 5.32. The molecule has 0 aliphatic carbocycles. The quantitative estimate of drug-likeness (QED) is 0.694. The zero-order valence-electron chi connectivity index (χ0n) is 9.46. The highest BCUT2D eigenvalue weighted by Gasteiger charge is 2.32. The van der Waals surface area contributed by atoms with E-state index in [1.54, 1.807) is 0 Å². The van der Waals surface area contributed by atoms with Crippen molar-refractivity contribution in [3.63, 3.8) is 0 Å². The minimum absolute atomic E-state index is 0.0360. The van der Waals surface area contributed by atoms with Crippen LogP contribution in [-0.2, 0) is 16.1 Å². The van der Waals surface area contributed by atoms with Gasteiger partial charge < -0.3 is 0 Å². The van der Waals surface area contributed by atoms with Crippen LogP contribution in [-0.4, -0.2) is 28.0 Å². The molecule has 0 N–H and O–H groups in total. The molecule has 1 fully saturated rings. The molecule has 1 amide bonds. The molecule has 0 atom stereocenters. The van der Waals surface area contributed by atoms with Crippen molar-refractivity contribution >= 4 is 17.5 Å². The van der Waals surface area contributed by atoms with Crippen LogP contribution in [0.1, 0.15) is 18.4 Å². The van der Waals surface area contributed by atoms with Crippen LogP contribution >= 0.6 is 0 Å². The summed E-state index contributed by atoms with van der Waals surface area (Å²) in [6.45, 7) is 0.247. The summed E-state index contributed by atoms with van der Waals surface area (Å²) in [6, 6.07) is 3.90. The molecule has 0 unspecified atom stereocenters. The van der Waals surface area contributed by atoms with E-state index in [-0.39, 0.29) is 43.2 Å². The van der Waals surface area contributed by atoms with E-state index in [0.717, 1.165) is 0 Å². The molecule has 0 aromatic carbocycles. The molecule has 1 aromatic heterocycles. The first-order valence-corrected chi connectivity index (χ1v) is 5.32. The Kier molecular flexibility index (Phi) is 3.07. The zero-order chi connectivity index (χ0) is 13.1. The molecule has 0 saturated carbocycles. The van der Waals surface area contributed by atoms with Crippen LogP contribution in [0.3, 0.4) is 0 Å². The molecule has 1 aromatic rings. The van der Waals surface area contributed by atoms with Gasteiger partial charge in [0.1, 0.15) is 11.6 Å². The third-order valence-corrected chi connectivity index (χ3v) is 2.61. The Labute approximate surface area is 103 Å². The van der Waals surface area contributed by atoms with Crippen LogP contribution in [0.4, 0.5) is 5.82 Å². The molecule has 1 aliphatic rings. The molecule has 2 heterocycles. The van der Waals surface area contributed by atoms with Gasteiger partial charge in [-0.3, -0.25) is 14.5 Å². The van der Waals surface area contributed by atoms with Crippen LogP contribution in [0.2, 0.25) is 0 Å². The first kappa shape index (κ1) is 11.8.